The summed E-state index contributed by atoms with van der Waals surface area (Å²) in [4.78, 5) is 19.3. The lowest BCUT2D eigenvalue weighted by atomic mass is 9.95. The van der Waals surface area contributed by atoms with Gasteiger partial charge in [-0.3, -0.25) is 14.6 Å². The lowest BCUT2D eigenvalue weighted by Gasteiger charge is -2.31. The molecule has 150 valence electrons. The van der Waals surface area contributed by atoms with E-state index in [2.05, 4.69) is 19.9 Å². The van der Waals surface area contributed by atoms with Crippen molar-refractivity contribution >= 4 is 33.2 Å². The molecule has 1 amide bonds. The second-order valence-corrected chi connectivity index (χ2v) is 9.64. The van der Waals surface area contributed by atoms with E-state index >= 15 is 0 Å². The number of nitrogens with zero attached hydrogens (tertiary/aromatic N) is 3. The van der Waals surface area contributed by atoms with E-state index in [-0.39, 0.29) is 22.5 Å². The van der Waals surface area contributed by atoms with Crippen LogP contribution in [0.5, 0.6) is 0 Å². The molecule has 2 heterocycles. The van der Waals surface area contributed by atoms with Crippen molar-refractivity contribution in [2.24, 2.45) is 0 Å². The minimum absolute atomic E-state index is 0.136. The first kappa shape index (κ1) is 19.2. The quantitative estimate of drug-likeness (QED) is 0.768. The Hall–Kier alpha value is -2.13. The number of hydrogen-bond acceptors (Lipinski definition) is 5. The van der Waals surface area contributed by atoms with Crippen LogP contribution in [0.25, 0.3) is 0 Å². The molecule has 1 aliphatic carbocycles. The number of aromatic nitrogens is 3. The molecule has 8 nitrogen and oxygen atoms in total. The van der Waals surface area contributed by atoms with E-state index < -0.39 is 10.0 Å². The number of carbonyl (C=O) groups is 1. The summed E-state index contributed by atoms with van der Waals surface area (Å²) in [6.45, 7) is 1.22. The Kier molecular flexibility index (Phi) is 5.05. The minimum atomic E-state index is -3.48. The van der Waals surface area contributed by atoms with Crippen molar-refractivity contribution < 1.29 is 13.2 Å². The van der Waals surface area contributed by atoms with E-state index in [9.17, 15) is 13.2 Å². The van der Waals surface area contributed by atoms with E-state index in [1.807, 2.05) is 0 Å². The second-order valence-electron chi connectivity index (χ2n) is 7.49. The van der Waals surface area contributed by atoms with Crippen molar-refractivity contribution in [3.63, 3.8) is 0 Å². The van der Waals surface area contributed by atoms with Gasteiger partial charge in [0, 0.05) is 30.5 Å². The standard InChI is InChI=1S/C18H22ClN5O3S/c1-28(26,27)23-15-10-13(4-5-14(15)19)18(25)24-8-6-12(7-9-24)17-20-16(21-22-17)11-2-3-11/h4-5,10-12,23H,2-3,6-9H2,1H3,(H,20,21,22). The SMILES string of the molecule is CS(=O)(=O)Nc1cc(C(=O)N2CCC(c3nc(C4CC4)n[nH]3)CC2)ccc1Cl. The van der Waals surface area contributed by atoms with Crippen molar-refractivity contribution in [3.8, 4) is 0 Å². The minimum Gasteiger partial charge on any atom is -0.339 e. The highest BCUT2D eigenvalue weighted by atomic mass is 35.5. The number of likely N-dealkylation sites (tertiary alicyclic amines) is 1. The van der Waals surface area contributed by atoms with E-state index in [0.717, 1.165) is 30.7 Å². The molecule has 0 radical (unpaired) electrons. The summed E-state index contributed by atoms with van der Waals surface area (Å²) in [5, 5.41) is 7.63. The van der Waals surface area contributed by atoms with Gasteiger partial charge in [-0.1, -0.05) is 11.6 Å². The van der Waals surface area contributed by atoms with Gasteiger partial charge in [-0.25, -0.2) is 13.4 Å². The van der Waals surface area contributed by atoms with Crippen LogP contribution >= 0.6 is 11.6 Å². The summed E-state index contributed by atoms with van der Waals surface area (Å²) >= 11 is 6.04. The third kappa shape index (κ3) is 4.30. The van der Waals surface area contributed by atoms with Gasteiger partial charge < -0.3 is 4.90 Å². The van der Waals surface area contributed by atoms with Crippen molar-refractivity contribution in [3.05, 3.63) is 40.4 Å². The lowest BCUT2D eigenvalue weighted by Crippen LogP contribution is -2.38. The zero-order valence-electron chi connectivity index (χ0n) is 15.5. The van der Waals surface area contributed by atoms with Crippen LogP contribution in [0.4, 0.5) is 5.69 Å². The monoisotopic (exact) mass is 423 g/mol. The Morgan fingerprint density at radius 2 is 1.93 bits per heavy atom. The van der Waals surface area contributed by atoms with Crippen molar-refractivity contribution in [2.75, 3.05) is 24.1 Å². The highest BCUT2D eigenvalue weighted by Gasteiger charge is 2.31. The average Bonchev–Trinajstić information content (AvgIpc) is 3.39. The molecule has 0 bridgehead atoms. The first-order chi connectivity index (χ1) is 13.3. The number of aromatic amines is 1. The summed E-state index contributed by atoms with van der Waals surface area (Å²) in [7, 11) is -3.48. The Morgan fingerprint density at radius 1 is 1.21 bits per heavy atom. The van der Waals surface area contributed by atoms with Crippen LogP contribution in [0.1, 0.15) is 59.5 Å². The Morgan fingerprint density at radius 3 is 2.57 bits per heavy atom. The van der Waals surface area contributed by atoms with Crippen LogP contribution < -0.4 is 4.72 Å². The van der Waals surface area contributed by atoms with Gasteiger partial charge >= 0.3 is 0 Å². The molecular weight excluding hydrogens is 402 g/mol. The van der Waals surface area contributed by atoms with Crippen molar-refractivity contribution in [2.45, 2.75) is 37.5 Å². The molecule has 28 heavy (non-hydrogen) atoms. The zero-order valence-corrected chi connectivity index (χ0v) is 17.1. The molecule has 2 aromatic rings. The maximum atomic E-state index is 12.8. The summed E-state index contributed by atoms with van der Waals surface area (Å²) in [6, 6.07) is 4.63. The van der Waals surface area contributed by atoms with Gasteiger partial charge in [0.2, 0.25) is 10.0 Å². The highest BCUT2D eigenvalue weighted by molar-refractivity contribution is 7.92. The predicted octanol–water partition coefficient (Wildman–Crippen LogP) is 2.73. The van der Waals surface area contributed by atoms with Crippen LogP contribution in [-0.4, -0.2) is 53.8 Å². The summed E-state index contributed by atoms with van der Waals surface area (Å²) < 4.78 is 25.3. The maximum Gasteiger partial charge on any atom is 0.253 e. The molecule has 1 aliphatic heterocycles. The number of hydrogen-bond donors (Lipinski definition) is 2. The Balaban J connectivity index is 1.41. The molecule has 0 spiro atoms. The molecular formula is C18H22ClN5O3S. The van der Waals surface area contributed by atoms with Gasteiger partial charge in [-0.05, 0) is 43.9 Å². The highest BCUT2D eigenvalue weighted by Crippen LogP contribution is 2.38. The normalized spacial score (nSPS) is 18.3. The number of anilines is 1. The van der Waals surface area contributed by atoms with E-state index in [1.54, 1.807) is 11.0 Å². The maximum absolute atomic E-state index is 12.8. The number of sulfonamides is 1. The van der Waals surface area contributed by atoms with E-state index in [0.29, 0.717) is 24.6 Å². The summed E-state index contributed by atoms with van der Waals surface area (Å²) in [6.07, 6.45) is 5.00. The van der Waals surface area contributed by atoms with Crippen molar-refractivity contribution in [1.29, 1.82) is 0 Å². The van der Waals surface area contributed by atoms with Gasteiger partial charge in [0.25, 0.3) is 5.91 Å². The fourth-order valence-corrected chi connectivity index (χ4v) is 4.26. The fourth-order valence-electron chi connectivity index (χ4n) is 3.47. The Bertz CT molecular complexity index is 994. The largest absolute Gasteiger partial charge is 0.339 e. The van der Waals surface area contributed by atoms with Gasteiger partial charge in [0.15, 0.2) is 5.82 Å². The number of amides is 1. The van der Waals surface area contributed by atoms with Gasteiger partial charge in [0.05, 0.1) is 17.0 Å². The molecule has 0 unspecified atom stereocenters. The van der Waals surface area contributed by atoms with Crippen LogP contribution in [0.3, 0.4) is 0 Å². The number of halogens is 1. The van der Waals surface area contributed by atoms with E-state index in [4.69, 9.17) is 11.6 Å². The molecule has 0 atom stereocenters. The Labute approximate surface area is 168 Å². The smallest absolute Gasteiger partial charge is 0.253 e. The van der Waals surface area contributed by atoms with Crippen LogP contribution in [0.2, 0.25) is 5.02 Å². The van der Waals surface area contributed by atoms with Gasteiger partial charge in [0.1, 0.15) is 5.82 Å². The molecule has 2 aliphatic rings. The first-order valence-corrected chi connectivity index (χ1v) is 11.6. The molecule has 1 saturated carbocycles. The molecule has 2 fully saturated rings. The average molecular weight is 424 g/mol. The number of rotatable bonds is 5. The molecule has 10 heteroatoms. The van der Waals surface area contributed by atoms with Gasteiger partial charge in [-0.15, -0.1) is 0 Å². The number of benzene rings is 1. The van der Waals surface area contributed by atoms with Crippen molar-refractivity contribution in [1.82, 2.24) is 20.1 Å². The molecule has 1 saturated heterocycles. The number of nitrogens with one attached hydrogen (secondary N) is 2. The molecule has 1 aromatic heterocycles. The molecule has 1 aromatic carbocycles. The molecule has 2 N–H and O–H groups in total. The van der Waals surface area contributed by atoms with Gasteiger partial charge in [-0.2, -0.15) is 5.10 Å². The topological polar surface area (TPSA) is 108 Å². The second kappa shape index (κ2) is 7.36. The van der Waals surface area contributed by atoms with Crippen LogP contribution in [0, 0.1) is 0 Å². The van der Waals surface area contributed by atoms with E-state index in [1.165, 1.54) is 25.0 Å². The summed E-state index contributed by atoms with van der Waals surface area (Å²) in [5.41, 5.74) is 0.615. The third-order valence-electron chi connectivity index (χ3n) is 5.14. The fraction of sp³-hybridized carbons (Fsp3) is 0.500. The first-order valence-electron chi connectivity index (χ1n) is 9.29. The molecule has 4 rings (SSSR count). The zero-order chi connectivity index (χ0) is 19.9. The number of piperidine rings is 1. The number of H-pyrrole nitrogens is 1. The van der Waals surface area contributed by atoms with Crippen LogP contribution in [0.15, 0.2) is 18.2 Å². The predicted molar refractivity (Wildman–Crippen MR) is 106 cm³/mol. The summed E-state index contributed by atoms with van der Waals surface area (Å²) in [5.74, 6) is 2.49. The van der Waals surface area contributed by atoms with Crippen LogP contribution in [-0.2, 0) is 10.0 Å². The lowest BCUT2D eigenvalue weighted by molar-refractivity contribution is 0.0711. The third-order valence-corrected chi connectivity index (χ3v) is 6.06. The number of carbonyl (C=O) groups excluding carboxylic acids is 1.